The minimum atomic E-state index is -0.623. The highest BCUT2D eigenvalue weighted by Crippen LogP contribution is 2.20. The topological polar surface area (TPSA) is 77.6 Å². The molecule has 1 fully saturated rings. The summed E-state index contributed by atoms with van der Waals surface area (Å²) < 4.78 is 11.7. The molecule has 7 nitrogen and oxygen atoms in total. The highest BCUT2D eigenvalue weighted by atomic mass is 16.5. The summed E-state index contributed by atoms with van der Waals surface area (Å²) in [6, 6.07) is 7.55. The van der Waals surface area contributed by atoms with Crippen molar-refractivity contribution >= 4 is 5.91 Å². The van der Waals surface area contributed by atoms with Gasteiger partial charge in [0.05, 0.1) is 12.7 Å². The van der Waals surface area contributed by atoms with Gasteiger partial charge in [0.1, 0.15) is 6.54 Å². The molecule has 7 heteroatoms. The Morgan fingerprint density at radius 1 is 1.38 bits per heavy atom. The van der Waals surface area contributed by atoms with E-state index in [0.717, 1.165) is 17.5 Å². The maximum Gasteiger partial charge on any atom is 0.442 e. The number of hydrogen-bond acceptors (Lipinski definition) is 5. The van der Waals surface area contributed by atoms with Crippen molar-refractivity contribution in [2.24, 2.45) is 0 Å². The standard InChI is InChI=1S/C17H21N3O4/c1-3-13-10-19(8-9-23-13)15(21)11-20-16(18-24-17(20)22)14-7-5-4-6-12(14)2/h4-7,13H,3,8-11H2,1-2H3. The van der Waals surface area contributed by atoms with Crippen LogP contribution in [0.1, 0.15) is 18.9 Å². The lowest BCUT2D eigenvalue weighted by Crippen LogP contribution is -2.47. The number of amides is 1. The summed E-state index contributed by atoms with van der Waals surface area (Å²) in [5.41, 5.74) is 1.74. The molecule has 24 heavy (non-hydrogen) atoms. The molecule has 1 amide bonds. The van der Waals surface area contributed by atoms with Crippen molar-refractivity contribution in [3.05, 3.63) is 40.4 Å². The van der Waals surface area contributed by atoms with Gasteiger partial charge in [-0.2, -0.15) is 0 Å². The molecule has 1 aromatic heterocycles. The van der Waals surface area contributed by atoms with Gasteiger partial charge in [0, 0.05) is 18.7 Å². The summed E-state index contributed by atoms with van der Waals surface area (Å²) in [7, 11) is 0. The molecule has 0 radical (unpaired) electrons. The molecule has 3 rings (SSSR count). The zero-order chi connectivity index (χ0) is 17.1. The quantitative estimate of drug-likeness (QED) is 0.847. The van der Waals surface area contributed by atoms with Crippen LogP contribution in [0.25, 0.3) is 11.4 Å². The monoisotopic (exact) mass is 331 g/mol. The molecular formula is C17H21N3O4. The molecule has 0 saturated carbocycles. The van der Waals surface area contributed by atoms with E-state index in [1.807, 2.05) is 38.1 Å². The number of aromatic nitrogens is 2. The van der Waals surface area contributed by atoms with E-state index in [-0.39, 0.29) is 18.6 Å². The Labute approximate surface area is 139 Å². The average molecular weight is 331 g/mol. The van der Waals surface area contributed by atoms with Crippen molar-refractivity contribution in [2.45, 2.75) is 32.9 Å². The zero-order valence-corrected chi connectivity index (χ0v) is 13.9. The normalized spacial score (nSPS) is 17.9. The largest absolute Gasteiger partial charge is 0.442 e. The van der Waals surface area contributed by atoms with E-state index in [2.05, 4.69) is 5.16 Å². The number of benzene rings is 1. The predicted molar refractivity (Wildman–Crippen MR) is 87.5 cm³/mol. The maximum atomic E-state index is 12.6. The summed E-state index contributed by atoms with van der Waals surface area (Å²) in [6.07, 6.45) is 0.906. The molecule has 1 saturated heterocycles. The zero-order valence-electron chi connectivity index (χ0n) is 13.9. The van der Waals surface area contributed by atoms with Crippen LogP contribution in [-0.2, 0) is 16.1 Å². The van der Waals surface area contributed by atoms with Crippen LogP contribution in [0.2, 0.25) is 0 Å². The molecule has 2 aromatic rings. The molecule has 2 heterocycles. The van der Waals surface area contributed by atoms with Crippen LogP contribution < -0.4 is 5.76 Å². The van der Waals surface area contributed by atoms with E-state index in [9.17, 15) is 9.59 Å². The average Bonchev–Trinajstić information content (AvgIpc) is 2.96. The Balaban J connectivity index is 1.83. The van der Waals surface area contributed by atoms with E-state index in [1.54, 1.807) is 4.90 Å². The predicted octanol–water partition coefficient (Wildman–Crippen LogP) is 1.45. The van der Waals surface area contributed by atoms with Crippen molar-refractivity contribution < 1.29 is 14.1 Å². The van der Waals surface area contributed by atoms with Crippen LogP contribution in [0.4, 0.5) is 0 Å². The first kappa shape index (κ1) is 16.4. The van der Waals surface area contributed by atoms with E-state index < -0.39 is 5.76 Å². The summed E-state index contributed by atoms with van der Waals surface area (Å²) >= 11 is 0. The molecule has 0 bridgehead atoms. The van der Waals surface area contributed by atoms with Crippen LogP contribution in [0, 0.1) is 6.92 Å². The van der Waals surface area contributed by atoms with E-state index in [0.29, 0.717) is 25.5 Å². The first-order valence-electron chi connectivity index (χ1n) is 8.12. The number of carbonyl (C=O) groups is 1. The van der Waals surface area contributed by atoms with Gasteiger partial charge in [0.25, 0.3) is 0 Å². The first-order chi connectivity index (χ1) is 11.6. The van der Waals surface area contributed by atoms with Gasteiger partial charge < -0.3 is 9.64 Å². The highest BCUT2D eigenvalue weighted by Gasteiger charge is 2.25. The Morgan fingerprint density at radius 2 is 2.17 bits per heavy atom. The molecule has 1 atom stereocenters. The number of ether oxygens (including phenoxy) is 1. The lowest BCUT2D eigenvalue weighted by molar-refractivity contribution is -0.139. The third-order valence-corrected chi connectivity index (χ3v) is 4.31. The third kappa shape index (κ3) is 3.26. The fraction of sp³-hybridized carbons (Fsp3) is 0.471. The van der Waals surface area contributed by atoms with E-state index >= 15 is 0 Å². The Bertz CT molecular complexity index is 780. The molecule has 0 aliphatic carbocycles. The minimum absolute atomic E-state index is 0.0535. The van der Waals surface area contributed by atoms with Crippen molar-refractivity contribution in [2.75, 3.05) is 19.7 Å². The molecule has 128 valence electrons. The van der Waals surface area contributed by atoms with Gasteiger partial charge in [0.2, 0.25) is 5.91 Å². The number of hydrogen-bond donors (Lipinski definition) is 0. The van der Waals surface area contributed by atoms with Gasteiger partial charge in [-0.1, -0.05) is 36.3 Å². The van der Waals surface area contributed by atoms with Gasteiger partial charge in [-0.15, -0.1) is 0 Å². The molecule has 0 spiro atoms. The number of carbonyl (C=O) groups excluding carboxylic acids is 1. The van der Waals surface area contributed by atoms with Crippen molar-refractivity contribution in [1.82, 2.24) is 14.6 Å². The SMILES string of the molecule is CCC1CN(C(=O)Cn2c(-c3ccccc3C)noc2=O)CCO1. The van der Waals surface area contributed by atoms with Crippen LogP contribution in [0.15, 0.2) is 33.6 Å². The summed E-state index contributed by atoms with van der Waals surface area (Å²) in [5.74, 6) is -0.370. The second-order valence-electron chi connectivity index (χ2n) is 5.91. The number of morpholine rings is 1. The van der Waals surface area contributed by atoms with E-state index in [4.69, 9.17) is 9.26 Å². The lowest BCUT2D eigenvalue weighted by atomic mass is 10.1. The van der Waals surface area contributed by atoms with Gasteiger partial charge in [-0.3, -0.25) is 9.32 Å². The maximum absolute atomic E-state index is 12.6. The number of rotatable bonds is 4. The summed E-state index contributed by atoms with van der Waals surface area (Å²) in [6.45, 7) is 5.48. The summed E-state index contributed by atoms with van der Waals surface area (Å²) in [4.78, 5) is 26.3. The highest BCUT2D eigenvalue weighted by molar-refractivity contribution is 5.77. The Kier molecular flexibility index (Phi) is 4.80. The lowest BCUT2D eigenvalue weighted by Gasteiger charge is -2.32. The number of aryl methyl sites for hydroxylation is 1. The molecular weight excluding hydrogens is 310 g/mol. The van der Waals surface area contributed by atoms with Gasteiger partial charge in [-0.05, 0) is 18.9 Å². The third-order valence-electron chi connectivity index (χ3n) is 4.31. The smallest absolute Gasteiger partial charge is 0.375 e. The molecule has 1 unspecified atom stereocenters. The fourth-order valence-corrected chi connectivity index (χ4v) is 2.85. The molecule has 1 aliphatic rings. The minimum Gasteiger partial charge on any atom is -0.375 e. The van der Waals surface area contributed by atoms with Crippen LogP contribution in [0.5, 0.6) is 0 Å². The van der Waals surface area contributed by atoms with Crippen LogP contribution in [-0.4, -0.2) is 46.3 Å². The second-order valence-corrected chi connectivity index (χ2v) is 5.91. The fourth-order valence-electron chi connectivity index (χ4n) is 2.85. The number of nitrogens with zero attached hydrogens (tertiary/aromatic N) is 3. The Morgan fingerprint density at radius 3 is 2.92 bits per heavy atom. The molecule has 0 N–H and O–H groups in total. The van der Waals surface area contributed by atoms with Crippen LogP contribution >= 0.6 is 0 Å². The molecule has 1 aromatic carbocycles. The second kappa shape index (κ2) is 7.00. The van der Waals surface area contributed by atoms with Gasteiger partial charge >= 0.3 is 5.76 Å². The van der Waals surface area contributed by atoms with Crippen LogP contribution in [0.3, 0.4) is 0 Å². The first-order valence-corrected chi connectivity index (χ1v) is 8.12. The van der Waals surface area contributed by atoms with Crippen molar-refractivity contribution in [1.29, 1.82) is 0 Å². The van der Waals surface area contributed by atoms with Gasteiger partial charge in [-0.25, -0.2) is 9.36 Å². The van der Waals surface area contributed by atoms with E-state index in [1.165, 1.54) is 4.57 Å². The molecule has 1 aliphatic heterocycles. The summed E-state index contributed by atoms with van der Waals surface area (Å²) in [5, 5.41) is 3.86. The Hall–Kier alpha value is -2.41. The van der Waals surface area contributed by atoms with Crippen molar-refractivity contribution in [3.8, 4) is 11.4 Å². The van der Waals surface area contributed by atoms with Gasteiger partial charge in [0.15, 0.2) is 5.82 Å². The van der Waals surface area contributed by atoms with Crippen molar-refractivity contribution in [3.63, 3.8) is 0 Å².